The van der Waals surface area contributed by atoms with Gasteiger partial charge in [-0.25, -0.2) is 9.59 Å². The fourth-order valence-electron chi connectivity index (χ4n) is 1.26. The van der Waals surface area contributed by atoms with Crippen molar-refractivity contribution < 1.29 is 19.1 Å². The smallest absolute Gasteiger partial charge is 0.355 e. The Morgan fingerprint density at radius 1 is 1.35 bits per heavy atom. The van der Waals surface area contributed by atoms with Crippen molar-refractivity contribution in [3.63, 3.8) is 0 Å². The molecular weight excluding hydrogens is 246 g/mol. The van der Waals surface area contributed by atoms with E-state index in [1.807, 2.05) is 0 Å². The van der Waals surface area contributed by atoms with Gasteiger partial charge < -0.3 is 15.2 Å². The van der Waals surface area contributed by atoms with Gasteiger partial charge in [0.1, 0.15) is 5.70 Å². The minimum atomic E-state index is -1.25. The summed E-state index contributed by atoms with van der Waals surface area (Å²) in [7, 11) is 0. The van der Waals surface area contributed by atoms with Crippen molar-refractivity contribution >= 4 is 23.5 Å². The van der Waals surface area contributed by atoms with E-state index in [1.54, 1.807) is 30.3 Å². The Labute approximate surface area is 102 Å². The SMILES string of the molecule is NC1=C(Cl)C(=O)O[C@H]1OC(=O)c1ccccc1. The minimum absolute atomic E-state index is 0.0963. The largest absolute Gasteiger partial charge is 0.415 e. The van der Waals surface area contributed by atoms with E-state index in [4.69, 9.17) is 22.1 Å². The first-order valence-corrected chi connectivity index (χ1v) is 5.09. The summed E-state index contributed by atoms with van der Waals surface area (Å²) in [5.41, 5.74) is 5.70. The normalized spacial score (nSPS) is 19.1. The highest BCUT2D eigenvalue weighted by Gasteiger charge is 2.34. The van der Waals surface area contributed by atoms with Gasteiger partial charge in [0.15, 0.2) is 5.03 Å². The first-order chi connectivity index (χ1) is 8.09. The maximum absolute atomic E-state index is 11.6. The molecule has 0 bridgehead atoms. The molecule has 88 valence electrons. The van der Waals surface area contributed by atoms with E-state index in [0.717, 1.165) is 0 Å². The lowest BCUT2D eigenvalue weighted by molar-refractivity contribution is -0.152. The van der Waals surface area contributed by atoms with E-state index in [-0.39, 0.29) is 10.7 Å². The quantitative estimate of drug-likeness (QED) is 0.800. The zero-order chi connectivity index (χ0) is 12.4. The van der Waals surface area contributed by atoms with Crippen LogP contribution in [0.5, 0.6) is 0 Å². The van der Waals surface area contributed by atoms with Gasteiger partial charge in [-0.3, -0.25) is 0 Å². The average molecular weight is 254 g/mol. The minimum Gasteiger partial charge on any atom is -0.415 e. The summed E-state index contributed by atoms with van der Waals surface area (Å²) in [4.78, 5) is 22.7. The van der Waals surface area contributed by atoms with E-state index in [1.165, 1.54) is 0 Å². The molecule has 0 amide bonds. The van der Waals surface area contributed by atoms with Crippen LogP contribution < -0.4 is 5.73 Å². The molecule has 5 nitrogen and oxygen atoms in total. The van der Waals surface area contributed by atoms with Gasteiger partial charge in [-0.15, -0.1) is 0 Å². The summed E-state index contributed by atoms with van der Waals surface area (Å²) in [5.74, 6) is -1.44. The van der Waals surface area contributed by atoms with Crippen LogP contribution in [0.1, 0.15) is 10.4 Å². The van der Waals surface area contributed by atoms with Crippen molar-refractivity contribution in [2.24, 2.45) is 5.73 Å². The summed E-state index contributed by atoms with van der Waals surface area (Å²) in [5, 5.41) is -0.254. The molecule has 2 rings (SSSR count). The molecule has 0 fully saturated rings. The Hall–Kier alpha value is -2.01. The highest BCUT2D eigenvalue weighted by molar-refractivity contribution is 6.42. The zero-order valence-electron chi connectivity index (χ0n) is 8.55. The van der Waals surface area contributed by atoms with Crippen LogP contribution in [0.2, 0.25) is 0 Å². The molecule has 1 aliphatic rings. The first kappa shape index (κ1) is 11.5. The first-order valence-electron chi connectivity index (χ1n) is 4.71. The Kier molecular flexibility index (Phi) is 3.01. The average Bonchev–Trinajstić information content (AvgIpc) is 2.58. The predicted molar refractivity (Wildman–Crippen MR) is 58.8 cm³/mol. The van der Waals surface area contributed by atoms with Crippen LogP contribution in [-0.4, -0.2) is 18.2 Å². The topological polar surface area (TPSA) is 78.6 Å². The Morgan fingerprint density at radius 2 is 2.00 bits per heavy atom. The number of esters is 2. The van der Waals surface area contributed by atoms with Crippen LogP contribution in [0.25, 0.3) is 0 Å². The van der Waals surface area contributed by atoms with Gasteiger partial charge in [-0.1, -0.05) is 29.8 Å². The highest BCUT2D eigenvalue weighted by Crippen LogP contribution is 2.23. The van der Waals surface area contributed by atoms with E-state index in [2.05, 4.69) is 4.74 Å². The van der Waals surface area contributed by atoms with Crippen LogP contribution in [0.3, 0.4) is 0 Å². The van der Waals surface area contributed by atoms with Gasteiger partial charge in [-0.2, -0.15) is 0 Å². The van der Waals surface area contributed by atoms with Crippen LogP contribution in [0.15, 0.2) is 41.1 Å². The van der Waals surface area contributed by atoms with E-state index >= 15 is 0 Å². The zero-order valence-corrected chi connectivity index (χ0v) is 9.31. The summed E-state index contributed by atoms with van der Waals surface area (Å²) in [6.45, 7) is 0. The van der Waals surface area contributed by atoms with Gasteiger partial charge in [0.05, 0.1) is 5.56 Å². The maximum Gasteiger partial charge on any atom is 0.355 e. The van der Waals surface area contributed by atoms with Crippen molar-refractivity contribution in [3.8, 4) is 0 Å². The summed E-state index contributed by atoms with van der Waals surface area (Å²) < 4.78 is 9.57. The van der Waals surface area contributed by atoms with Crippen LogP contribution in [0.4, 0.5) is 0 Å². The van der Waals surface area contributed by atoms with Gasteiger partial charge in [0.25, 0.3) is 6.29 Å². The van der Waals surface area contributed by atoms with Gasteiger partial charge >= 0.3 is 11.9 Å². The summed E-state index contributed by atoms with van der Waals surface area (Å²) >= 11 is 5.53. The molecule has 2 N–H and O–H groups in total. The van der Waals surface area contributed by atoms with E-state index < -0.39 is 18.2 Å². The summed E-state index contributed by atoms with van der Waals surface area (Å²) in [6.07, 6.45) is -1.25. The van der Waals surface area contributed by atoms with Gasteiger partial charge in [0.2, 0.25) is 0 Å². The number of nitrogens with two attached hydrogens (primary N) is 1. The molecule has 1 aromatic carbocycles. The lowest BCUT2D eigenvalue weighted by Gasteiger charge is -2.11. The molecule has 17 heavy (non-hydrogen) atoms. The molecule has 0 aliphatic carbocycles. The van der Waals surface area contributed by atoms with E-state index in [0.29, 0.717) is 5.56 Å². The Balaban J connectivity index is 2.09. The van der Waals surface area contributed by atoms with Crippen molar-refractivity contribution in [1.82, 2.24) is 0 Å². The fraction of sp³-hybridized carbons (Fsp3) is 0.0909. The third-order valence-corrected chi connectivity index (χ3v) is 2.50. The van der Waals surface area contributed by atoms with Gasteiger partial charge in [-0.05, 0) is 12.1 Å². The lowest BCUT2D eigenvalue weighted by Crippen LogP contribution is -2.24. The molecule has 1 aromatic rings. The lowest BCUT2D eigenvalue weighted by atomic mass is 10.2. The molecule has 0 saturated heterocycles. The van der Waals surface area contributed by atoms with Crippen LogP contribution >= 0.6 is 11.6 Å². The number of carbonyl (C=O) groups is 2. The Morgan fingerprint density at radius 3 is 2.53 bits per heavy atom. The van der Waals surface area contributed by atoms with Gasteiger partial charge in [0, 0.05) is 0 Å². The number of benzene rings is 1. The molecule has 1 aliphatic heterocycles. The Bertz CT molecular complexity index is 497. The number of halogens is 1. The van der Waals surface area contributed by atoms with E-state index in [9.17, 15) is 9.59 Å². The monoisotopic (exact) mass is 253 g/mol. The fourth-order valence-corrected chi connectivity index (χ4v) is 1.39. The number of hydrogen-bond acceptors (Lipinski definition) is 5. The molecule has 1 atom stereocenters. The number of hydrogen-bond donors (Lipinski definition) is 1. The van der Waals surface area contributed by atoms with Crippen LogP contribution in [0, 0.1) is 0 Å². The third kappa shape index (κ3) is 2.24. The third-order valence-electron chi connectivity index (χ3n) is 2.12. The molecule has 0 saturated carbocycles. The molecule has 0 unspecified atom stereocenters. The molecule has 0 radical (unpaired) electrons. The van der Waals surface area contributed by atoms with Crippen molar-refractivity contribution in [2.45, 2.75) is 6.29 Å². The second-order valence-electron chi connectivity index (χ2n) is 3.28. The number of rotatable bonds is 2. The second-order valence-corrected chi connectivity index (χ2v) is 3.66. The number of cyclic esters (lactones) is 1. The highest BCUT2D eigenvalue weighted by atomic mass is 35.5. The summed E-state index contributed by atoms with van der Waals surface area (Å²) in [6, 6.07) is 8.27. The molecule has 0 spiro atoms. The molecular formula is C11H8ClNO4. The standard InChI is InChI=1S/C11H8ClNO4/c12-7-8(13)11(17-10(7)15)16-9(14)6-4-2-1-3-5-6/h1-5,11H,13H2/t11-/m1/s1. The van der Waals surface area contributed by atoms with Crippen molar-refractivity contribution in [3.05, 3.63) is 46.6 Å². The molecule has 1 heterocycles. The van der Waals surface area contributed by atoms with Crippen LogP contribution in [-0.2, 0) is 14.3 Å². The predicted octanol–water partition coefficient (Wildman–Crippen LogP) is 1.14. The maximum atomic E-state index is 11.6. The second kappa shape index (κ2) is 4.47. The molecule has 6 heteroatoms. The molecule has 0 aromatic heterocycles. The van der Waals surface area contributed by atoms with Crippen molar-refractivity contribution in [1.29, 1.82) is 0 Å². The number of ether oxygens (including phenoxy) is 2. The van der Waals surface area contributed by atoms with Crippen molar-refractivity contribution in [2.75, 3.05) is 0 Å². The number of carbonyl (C=O) groups excluding carboxylic acids is 2.